The van der Waals surface area contributed by atoms with Crippen molar-refractivity contribution in [3.05, 3.63) is 37.6 Å². The fourth-order valence-electron chi connectivity index (χ4n) is 0.224. The van der Waals surface area contributed by atoms with E-state index in [4.69, 9.17) is 11.6 Å². The van der Waals surface area contributed by atoms with Crippen molar-refractivity contribution in [2.45, 2.75) is 6.92 Å². The van der Waals surface area contributed by atoms with Crippen LogP contribution in [0.25, 0.3) is 0 Å². The van der Waals surface area contributed by atoms with E-state index in [-0.39, 0.29) is 0 Å². The van der Waals surface area contributed by atoms with E-state index in [1.54, 1.807) is 19.2 Å². The van der Waals surface area contributed by atoms with E-state index in [1.807, 2.05) is 0 Å². The van der Waals surface area contributed by atoms with Gasteiger partial charge in [0.2, 0.25) is 5.91 Å². The molecular formula is C9H17N3O. The first-order valence-electron chi connectivity index (χ1n) is 3.65. The van der Waals surface area contributed by atoms with Gasteiger partial charge in [0.25, 0.3) is 0 Å². The first-order valence-corrected chi connectivity index (χ1v) is 3.65. The van der Waals surface area contributed by atoms with Crippen LogP contribution in [0, 0.1) is 0 Å². The summed E-state index contributed by atoms with van der Waals surface area (Å²) >= 11 is 0. The van der Waals surface area contributed by atoms with Gasteiger partial charge < -0.3 is 10.7 Å². The van der Waals surface area contributed by atoms with Gasteiger partial charge in [-0.15, -0.1) is 6.58 Å². The van der Waals surface area contributed by atoms with Crippen LogP contribution in [0.4, 0.5) is 0 Å². The lowest BCUT2D eigenvalue weighted by molar-refractivity contribution is -0.114. The zero-order valence-corrected chi connectivity index (χ0v) is 7.99. The van der Waals surface area contributed by atoms with Crippen LogP contribution in [0.15, 0.2) is 37.6 Å². The molecule has 0 radical (unpaired) electrons. The highest BCUT2D eigenvalue weighted by Gasteiger charge is 1.86. The van der Waals surface area contributed by atoms with Gasteiger partial charge in [0.1, 0.15) is 0 Å². The smallest absolute Gasteiger partial charge is 0.243 e. The summed E-state index contributed by atoms with van der Waals surface area (Å²) in [6.07, 6.45) is 3.25. The molecular weight excluding hydrogens is 166 g/mol. The summed E-state index contributed by atoms with van der Waals surface area (Å²) in [5.41, 5.74) is 5.09. The van der Waals surface area contributed by atoms with E-state index in [1.165, 1.54) is 5.01 Å². The van der Waals surface area contributed by atoms with Crippen LogP contribution in [0.3, 0.4) is 0 Å². The Bertz CT molecular complexity index is 187. The van der Waals surface area contributed by atoms with Gasteiger partial charge in [0, 0.05) is 11.8 Å². The Kier molecular flexibility index (Phi) is 9.20. The molecule has 0 aliphatic rings. The van der Waals surface area contributed by atoms with Crippen molar-refractivity contribution >= 4 is 5.91 Å². The summed E-state index contributed by atoms with van der Waals surface area (Å²) in [4.78, 5) is 9.82. The minimum absolute atomic E-state index is 0.398. The first-order chi connectivity index (χ1) is 5.95. The first kappa shape index (κ1) is 14.0. The minimum Gasteiger partial charge on any atom is -0.366 e. The van der Waals surface area contributed by atoms with Crippen molar-refractivity contribution in [2.24, 2.45) is 11.6 Å². The molecule has 0 saturated heterocycles. The highest BCUT2D eigenvalue weighted by Crippen LogP contribution is 1.78. The molecule has 0 rings (SSSR count). The Morgan fingerprint density at radius 2 is 1.92 bits per heavy atom. The van der Waals surface area contributed by atoms with Gasteiger partial charge in [-0.25, -0.2) is 5.84 Å². The van der Waals surface area contributed by atoms with Crippen LogP contribution in [-0.4, -0.2) is 17.5 Å². The maximum Gasteiger partial charge on any atom is 0.243 e. The average molecular weight is 183 g/mol. The van der Waals surface area contributed by atoms with Crippen molar-refractivity contribution in [1.82, 2.24) is 5.01 Å². The zero-order chi connectivity index (χ0) is 10.9. The maximum atomic E-state index is 9.82. The van der Waals surface area contributed by atoms with Crippen LogP contribution >= 0.6 is 0 Å². The topological polar surface area (TPSA) is 72.4 Å². The minimum atomic E-state index is -0.435. The van der Waals surface area contributed by atoms with Crippen LogP contribution in [-0.2, 0) is 4.79 Å². The van der Waals surface area contributed by atoms with Crippen LogP contribution < -0.4 is 11.6 Å². The summed E-state index contributed by atoms with van der Waals surface area (Å²) in [7, 11) is 0. The van der Waals surface area contributed by atoms with Crippen molar-refractivity contribution in [1.29, 1.82) is 0 Å². The molecule has 0 heterocycles. The molecule has 0 unspecified atom stereocenters. The van der Waals surface area contributed by atoms with Crippen LogP contribution in [0.5, 0.6) is 0 Å². The molecule has 0 bridgehead atoms. The summed E-state index contributed by atoms with van der Waals surface area (Å²) in [6, 6.07) is 0. The number of hydrogen-bond acceptors (Lipinski definition) is 3. The number of nitrogens with zero attached hydrogens (tertiary/aromatic N) is 1. The Morgan fingerprint density at radius 3 is 2.00 bits per heavy atom. The lowest BCUT2D eigenvalue weighted by Gasteiger charge is -2.06. The predicted octanol–water partition coefficient (Wildman–Crippen LogP) is 0.539. The van der Waals surface area contributed by atoms with E-state index in [2.05, 4.69) is 19.7 Å². The van der Waals surface area contributed by atoms with Gasteiger partial charge in [-0.1, -0.05) is 19.2 Å². The molecule has 0 atom stereocenters. The maximum absolute atomic E-state index is 9.82. The third-order valence-electron chi connectivity index (χ3n) is 0.995. The van der Waals surface area contributed by atoms with Gasteiger partial charge in [-0.2, -0.15) is 0 Å². The van der Waals surface area contributed by atoms with Crippen molar-refractivity contribution < 1.29 is 4.79 Å². The number of rotatable bonds is 4. The van der Waals surface area contributed by atoms with Crippen LogP contribution in [0.1, 0.15) is 6.92 Å². The highest BCUT2D eigenvalue weighted by atomic mass is 16.1. The summed E-state index contributed by atoms with van der Waals surface area (Å²) in [5, 5.41) is 1.45. The predicted molar refractivity (Wildman–Crippen MR) is 55.3 cm³/mol. The molecule has 0 saturated carbocycles. The third kappa shape index (κ3) is 13.4. The molecule has 0 aliphatic heterocycles. The number of carbonyl (C=O) groups is 1. The SMILES string of the molecule is C=C(C)C(N)=O.C=CCN(N)C=C. The molecule has 0 aromatic rings. The molecule has 4 heteroatoms. The number of amides is 1. The van der Waals surface area contributed by atoms with E-state index < -0.39 is 5.91 Å². The molecule has 74 valence electrons. The molecule has 0 aliphatic carbocycles. The summed E-state index contributed by atoms with van der Waals surface area (Å²) in [5.74, 6) is 4.79. The Morgan fingerprint density at radius 1 is 1.54 bits per heavy atom. The van der Waals surface area contributed by atoms with E-state index in [0.717, 1.165) is 0 Å². The molecule has 4 nitrogen and oxygen atoms in total. The second-order valence-corrected chi connectivity index (χ2v) is 2.31. The van der Waals surface area contributed by atoms with Gasteiger partial charge >= 0.3 is 0 Å². The molecule has 1 amide bonds. The highest BCUT2D eigenvalue weighted by molar-refractivity contribution is 5.90. The number of primary amides is 1. The fourth-order valence-corrected chi connectivity index (χ4v) is 0.224. The summed E-state index contributed by atoms with van der Waals surface area (Å²) in [6.45, 7) is 12.4. The Balaban J connectivity index is 0. The molecule has 4 N–H and O–H groups in total. The molecule has 0 aromatic heterocycles. The van der Waals surface area contributed by atoms with Gasteiger partial charge in [0.15, 0.2) is 0 Å². The van der Waals surface area contributed by atoms with E-state index in [0.29, 0.717) is 12.1 Å². The van der Waals surface area contributed by atoms with Crippen molar-refractivity contribution in [3.8, 4) is 0 Å². The number of hydrogen-bond donors (Lipinski definition) is 2. The second kappa shape index (κ2) is 8.55. The molecule has 0 spiro atoms. The third-order valence-corrected chi connectivity index (χ3v) is 0.995. The Labute approximate surface area is 79.2 Å². The molecule has 0 fully saturated rings. The monoisotopic (exact) mass is 183 g/mol. The molecule has 0 aromatic carbocycles. The van der Waals surface area contributed by atoms with Crippen molar-refractivity contribution in [3.63, 3.8) is 0 Å². The zero-order valence-electron chi connectivity index (χ0n) is 7.99. The van der Waals surface area contributed by atoms with Gasteiger partial charge in [-0.05, 0) is 6.92 Å². The number of nitrogens with two attached hydrogens (primary N) is 2. The largest absolute Gasteiger partial charge is 0.366 e. The van der Waals surface area contributed by atoms with Crippen molar-refractivity contribution in [2.75, 3.05) is 6.54 Å². The van der Waals surface area contributed by atoms with Gasteiger partial charge in [-0.3, -0.25) is 4.79 Å². The standard InChI is InChI=1S/C5H10N2.C4H7NO/c1-3-5-7(6)4-2;1-3(2)4(5)6/h3-4H,1-2,5-6H2;1H2,2H3,(H2,5,6). The average Bonchev–Trinajstić information content (AvgIpc) is 2.05. The van der Waals surface area contributed by atoms with E-state index >= 15 is 0 Å². The van der Waals surface area contributed by atoms with Crippen LogP contribution in [0.2, 0.25) is 0 Å². The Hall–Kier alpha value is -1.55. The normalized spacial score (nSPS) is 7.54. The molecule has 13 heavy (non-hydrogen) atoms. The quantitative estimate of drug-likeness (QED) is 0.289. The van der Waals surface area contributed by atoms with Gasteiger partial charge in [0.05, 0.1) is 6.54 Å². The summed E-state index contributed by atoms with van der Waals surface area (Å²) < 4.78 is 0. The number of carbonyl (C=O) groups excluding carboxylic acids is 1. The number of hydrazine groups is 1. The van der Waals surface area contributed by atoms with E-state index in [9.17, 15) is 4.79 Å². The lowest BCUT2D eigenvalue weighted by atomic mass is 10.3. The second-order valence-electron chi connectivity index (χ2n) is 2.31. The lowest BCUT2D eigenvalue weighted by Crippen LogP contribution is -2.23. The fraction of sp³-hybridized carbons (Fsp3) is 0.222.